The molecule has 0 amide bonds. The van der Waals surface area contributed by atoms with Gasteiger partial charge in [-0.25, -0.2) is 4.79 Å². The van der Waals surface area contributed by atoms with Crippen LogP contribution in [0.5, 0.6) is 0 Å². The zero-order valence-corrected chi connectivity index (χ0v) is 8.99. The van der Waals surface area contributed by atoms with Crippen molar-refractivity contribution in [2.24, 2.45) is 10.9 Å². The lowest BCUT2D eigenvalue weighted by Crippen LogP contribution is -2.00. The molecule has 3 nitrogen and oxygen atoms in total. The first-order chi connectivity index (χ1) is 6.57. The second kappa shape index (κ2) is 7.06. The highest BCUT2D eigenvalue weighted by atomic mass is 16.5. The number of nitrogens with zero attached hydrogens (tertiary/aromatic N) is 1. The molecule has 0 aromatic heterocycles. The van der Waals surface area contributed by atoms with Crippen molar-refractivity contribution in [3.63, 3.8) is 0 Å². The predicted octanol–water partition coefficient (Wildman–Crippen LogP) is 2.00. The molecule has 78 valence electrons. The zero-order chi connectivity index (χ0) is 11.0. The Balaban J connectivity index is 3.88. The number of esters is 1. The van der Waals surface area contributed by atoms with E-state index in [0.29, 0.717) is 11.5 Å². The van der Waals surface area contributed by atoms with Crippen LogP contribution in [0.15, 0.2) is 29.3 Å². The van der Waals surface area contributed by atoms with E-state index >= 15 is 0 Å². The molecule has 0 aromatic rings. The van der Waals surface area contributed by atoms with Crippen LogP contribution in [-0.2, 0) is 9.53 Å². The lowest BCUT2D eigenvalue weighted by molar-refractivity contribution is -0.135. The fraction of sp³-hybridized carbons (Fsp3) is 0.455. The van der Waals surface area contributed by atoms with Gasteiger partial charge in [-0.05, 0) is 18.1 Å². The molecule has 0 radical (unpaired) electrons. The van der Waals surface area contributed by atoms with Crippen LogP contribution in [0.25, 0.3) is 0 Å². The molecule has 0 saturated heterocycles. The molecule has 0 saturated carbocycles. The number of carbonyl (C=O) groups excluding carboxylic acids is 1. The highest BCUT2D eigenvalue weighted by Gasteiger charge is 1.99. The number of hydrogen-bond donors (Lipinski definition) is 0. The molecule has 0 N–H and O–H groups in total. The van der Waals surface area contributed by atoms with Crippen molar-refractivity contribution in [1.29, 1.82) is 0 Å². The summed E-state index contributed by atoms with van der Waals surface area (Å²) in [5.74, 6) is 0.127. The fourth-order valence-corrected chi connectivity index (χ4v) is 0.691. The molecule has 0 unspecified atom stereocenters. The first kappa shape index (κ1) is 12.6. The van der Waals surface area contributed by atoms with E-state index in [2.05, 4.69) is 30.2 Å². The minimum Gasteiger partial charge on any atom is -0.465 e. The highest BCUT2D eigenvalue weighted by Crippen LogP contribution is 1.95. The van der Waals surface area contributed by atoms with Gasteiger partial charge in [0, 0.05) is 12.8 Å². The molecule has 14 heavy (non-hydrogen) atoms. The highest BCUT2D eigenvalue weighted by molar-refractivity contribution is 5.91. The maximum absolute atomic E-state index is 10.9. The second-order valence-corrected chi connectivity index (χ2v) is 3.28. The number of carbonyl (C=O) groups is 1. The van der Waals surface area contributed by atoms with Gasteiger partial charge < -0.3 is 4.74 Å². The second-order valence-electron chi connectivity index (χ2n) is 3.28. The standard InChI is InChI=1S/C11H17NO2/c1-9(2)8-12-7-5-6-10(3)11(13)14-4/h5-7,9H,3,8H2,1-2,4H3/b6-5-,12-7+. The summed E-state index contributed by atoms with van der Waals surface area (Å²) in [6.07, 6.45) is 4.92. The van der Waals surface area contributed by atoms with Crippen LogP contribution in [-0.4, -0.2) is 25.8 Å². The molecule has 0 aliphatic rings. The van der Waals surface area contributed by atoms with Crippen LogP contribution in [0.3, 0.4) is 0 Å². The Hall–Kier alpha value is -1.38. The van der Waals surface area contributed by atoms with E-state index in [1.165, 1.54) is 7.11 Å². The van der Waals surface area contributed by atoms with Crippen LogP contribution in [0.2, 0.25) is 0 Å². The maximum atomic E-state index is 10.9. The van der Waals surface area contributed by atoms with Gasteiger partial charge in [0.2, 0.25) is 0 Å². The quantitative estimate of drug-likeness (QED) is 0.291. The van der Waals surface area contributed by atoms with Crippen molar-refractivity contribution < 1.29 is 9.53 Å². The van der Waals surface area contributed by atoms with Gasteiger partial charge in [0.15, 0.2) is 0 Å². The lowest BCUT2D eigenvalue weighted by atomic mass is 10.2. The van der Waals surface area contributed by atoms with Crippen LogP contribution in [0.1, 0.15) is 13.8 Å². The molecule has 0 aliphatic carbocycles. The molecule has 0 fully saturated rings. The SMILES string of the molecule is C=C(/C=C\C=N\CC(C)C)C(=O)OC. The summed E-state index contributed by atoms with van der Waals surface area (Å²) in [5.41, 5.74) is 0.323. The van der Waals surface area contributed by atoms with E-state index in [4.69, 9.17) is 0 Å². The minimum atomic E-state index is -0.418. The van der Waals surface area contributed by atoms with Crippen molar-refractivity contribution in [1.82, 2.24) is 0 Å². The smallest absolute Gasteiger partial charge is 0.337 e. The Morgan fingerprint density at radius 2 is 2.21 bits per heavy atom. The third kappa shape index (κ3) is 6.17. The molecule has 0 atom stereocenters. The van der Waals surface area contributed by atoms with Crippen molar-refractivity contribution in [3.05, 3.63) is 24.3 Å². The third-order valence-corrected chi connectivity index (χ3v) is 1.41. The van der Waals surface area contributed by atoms with Crippen LogP contribution in [0.4, 0.5) is 0 Å². The number of ether oxygens (including phenoxy) is 1. The summed E-state index contributed by atoms with van der Waals surface area (Å²) in [5, 5.41) is 0. The van der Waals surface area contributed by atoms with Gasteiger partial charge in [0.05, 0.1) is 12.7 Å². The number of methoxy groups -OCH3 is 1. The average Bonchev–Trinajstić information content (AvgIpc) is 2.15. The van der Waals surface area contributed by atoms with E-state index in [1.807, 2.05) is 0 Å². The fourth-order valence-electron chi connectivity index (χ4n) is 0.691. The number of aliphatic imine (C=N–C) groups is 1. The zero-order valence-electron chi connectivity index (χ0n) is 8.99. The van der Waals surface area contributed by atoms with Gasteiger partial charge in [-0.3, -0.25) is 4.99 Å². The minimum absolute atomic E-state index is 0.323. The van der Waals surface area contributed by atoms with Crippen LogP contribution < -0.4 is 0 Å². The Bertz CT molecular complexity index is 252. The lowest BCUT2D eigenvalue weighted by Gasteiger charge is -1.96. The van der Waals surface area contributed by atoms with Gasteiger partial charge >= 0.3 is 5.97 Å². The number of rotatable bonds is 5. The Morgan fingerprint density at radius 3 is 2.71 bits per heavy atom. The van der Waals surface area contributed by atoms with Crippen molar-refractivity contribution in [2.75, 3.05) is 13.7 Å². The molecule has 3 heteroatoms. The predicted molar refractivity (Wildman–Crippen MR) is 58.5 cm³/mol. The van der Waals surface area contributed by atoms with Crippen molar-refractivity contribution >= 4 is 12.2 Å². The van der Waals surface area contributed by atoms with E-state index < -0.39 is 5.97 Å². The van der Waals surface area contributed by atoms with Gasteiger partial charge in [-0.15, -0.1) is 0 Å². The first-order valence-electron chi connectivity index (χ1n) is 4.51. The summed E-state index contributed by atoms with van der Waals surface area (Å²) >= 11 is 0. The van der Waals surface area contributed by atoms with Crippen LogP contribution >= 0.6 is 0 Å². The summed E-state index contributed by atoms with van der Waals surface area (Å²) in [6.45, 7) is 8.51. The van der Waals surface area contributed by atoms with E-state index in [-0.39, 0.29) is 0 Å². The Labute approximate surface area is 85.2 Å². The van der Waals surface area contributed by atoms with Crippen molar-refractivity contribution in [3.8, 4) is 0 Å². The molecule has 0 bridgehead atoms. The van der Waals surface area contributed by atoms with Gasteiger partial charge in [0.25, 0.3) is 0 Å². The monoisotopic (exact) mass is 195 g/mol. The van der Waals surface area contributed by atoms with E-state index in [9.17, 15) is 4.79 Å². The maximum Gasteiger partial charge on any atom is 0.337 e. The van der Waals surface area contributed by atoms with E-state index in [0.717, 1.165) is 6.54 Å². The van der Waals surface area contributed by atoms with Gasteiger partial charge in [-0.2, -0.15) is 0 Å². The normalized spacial score (nSPS) is 11.4. The molecular weight excluding hydrogens is 178 g/mol. The van der Waals surface area contributed by atoms with Crippen molar-refractivity contribution in [2.45, 2.75) is 13.8 Å². The topological polar surface area (TPSA) is 38.7 Å². The Morgan fingerprint density at radius 1 is 1.57 bits per heavy atom. The molecule has 0 spiro atoms. The molecule has 0 aromatic carbocycles. The summed E-state index contributed by atoms with van der Waals surface area (Å²) in [4.78, 5) is 15.0. The summed E-state index contributed by atoms with van der Waals surface area (Å²) < 4.78 is 4.47. The molecular formula is C11H17NO2. The van der Waals surface area contributed by atoms with E-state index in [1.54, 1.807) is 18.4 Å². The van der Waals surface area contributed by atoms with Gasteiger partial charge in [-0.1, -0.05) is 20.4 Å². The third-order valence-electron chi connectivity index (χ3n) is 1.41. The summed E-state index contributed by atoms with van der Waals surface area (Å²) in [7, 11) is 1.33. The number of hydrogen-bond acceptors (Lipinski definition) is 3. The van der Waals surface area contributed by atoms with Crippen LogP contribution in [0, 0.1) is 5.92 Å². The van der Waals surface area contributed by atoms with Gasteiger partial charge in [0.1, 0.15) is 0 Å². The average molecular weight is 195 g/mol. The Kier molecular flexibility index (Phi) is 6.37. The largest absolute Gasteiger partial charge is 0.465 e. The molecule has 0 rings (SSSR count). The number of allylic oxidation sites excluding steroid dienone is 1. The molecule has 0 heterocycles. The molecule has 0 aliphatic heterocycles. The first-order valence-corrected chi connectivity index (χ1v) is 4.51. The summed E-state index contributed by atoms with van der Waals surface area (Å²) in [6, 6.07) is 0.